The number of ether oxygens (including phenoxy) is 1. The van der Waals surface area contributed by atoms with Crippen LogP contribution in [0.2, 0.25) is 0 Å². The molecule has 0 N–H and O–H groups in total. The monoisotopic (exact) mass is 404 g/mol. The first kappa shape index (κ1) is 18.2. The van der Waals surface area contributed by atoms with Crippen LogP contribution in [0.15, 0.2) is 59.3 Å². The molecule has 1 aliphatic rings. The molecular formula is C21H20N6O3. The van der Waals surface area contributed by atoms with Crippen LogP contribution in [0.1, 0.15) is 10.6 Å². The molecule has 1 aromatic carbocycles. The molecule has 0 unspecified atom stereocenters. The number of para-hydroxylation sites is 1. The number of carbonyl (C=O) groups excluding carboxylic acids is 1. The Morgan fingerprint density at radius 2 is 1.83 bits per heavy atom. The first-order valence-corrected chi connectivity index (χ1v) is 9.67. The summed E-state index contributed by atoms with van der Waals surface area (Å²) < 4.78 is 12.8. The lowest BCUT2D eigenvalue weighted by Gasteiger charge is -2.34. The summed E-state index contributed by atoms with van der Waals surface area (Å²) in [5, 5.41) is 13.6. The van der Waals surface area contributed by atoms with Gasteiger partial charge in [-0.15, -0.1) is 10.2 Å². The number of benzene rings is 1. The number of piperazine rings is 1. The van der Waals surface area contributed by atoms with Gasteiger partial charge >= 0.3 is 0 Å². The summed E-state index contributed by atoms with van der Waals surface area (Å²) in [5.74, 6) is 2.28. The molecule has 1 amide bonds. The quantitative estimate of drug-likeness (QED) is 0.516. The van der Waals surface area contributed by atoms with E-state index in [0.717, 1.165) is 11.2 Å². The molecule has 30 heavy (non-hydrogen) atoms. The molecule has 0 atom stereocenters. The van der Waals surface area contributed by atoms with Crippen LogP contribution in [-0.2, 0) is 0 Å². The van der Waals surface area contributed by atoms with E-state index in [9.17, 15) is 4.79 Å². The number of furan rings is 1. The zero-order chi connectivity index (χ0) is 20.5. The first-order chi connectivity index (χ1) is 14.7. The summed E-state index contributed by atoms with van der Waals surface area (Å²) in [6, 6.07) is 13.0. The third-order valence-electron chi connectivity index (χ3n) is 5.21. The van der Waals surface area contributed by atoms with Gasteiger partial charge in [-0.05, 0) is 30.3 Å². The molecular weight excluding hydrogens is 384 g/mol. The highest BCUT2D eigenvalue weighted by molar-refractivity contribution is 5.97. The van der Waals surface area contributed by atoms with Crippen molar-refractivity contribution in [3.8, 4) is 11.6 Å². The molecule has 0 bridgehead atoms. The number of nitrogens with zero attached hydrogens (tertiary/aromatic N) is 6. The van der Waals surface area contributed by atoms with Crippen LogP contribution >= 0.6 is 0 Å². The highest BCUT2D eigenvalue weighted by Crippen LogP contribution is 2.29. The summed E-state index contributed by atoms with van der Waals surface area (Å²) >= 11 is 0. The number of hydrogen-bond acceptors (Lipinski definition) is 7. The predicted octanol–water partition coefficient (Wildman–Crippen LogP) is 2.38. The largest absolute Gasteiger partial charge is 0.493 e. The normalized spacial score (nSPS) is 14.3. The van der Waals surface area contributed by atoms with E-state index >= 15 is 0 Å². The Morgan fingerprint density at radius 1 is 1.03 bits per heavy atom. The van der Waals surface area contributed by atoms with Crippen LogP contribution in [0.25, 0.3) is 16.8 Å². The van der Waals surface area contributed by atoms with E-state index in [1.54, 1.807) is 29.0 Å². The smallest absolute Gasteiger partial charge is 0.289 e. The first-order valence-electron chi connectivity index (χ1n) is 9.67. The SMILES string of the molecule is COc1cccc2cc(C(=O)N3CCN(c4ccc(-n5cccn5)nn4)CC3)oc12. The average molecular weight is 404 g/mol. The zero-order valence-corrected chi connectivity index (χ0v) is 16.4. The molecule has 4 aromatic rings. The fourth-order valence-electron chi connectivity index (χ4n) is 3.61. The lowest BCUT2D eigenvalue weighted by atomic mass is 10.2. The minimum Gasteiger partial charge on any atom is -0.493 e. The standard InChI is InChI=1S/C21H20N6O3/c1-29-16-5-2-4-15-14-17(30-20(15)16)21(28)26-12-10-25(11-13-26)18-6-7-19(24-23-18)27-9-3-8-22-27/h2-9,14H,10-13H2,1H3. The van der Waals surface area contributed by atoms with Crippen LogP contribution < -0.4 is 9.64 Å². The average Bonchev–Trinajstić information content (AvgIpc) is 3.49. The van der Waals surface area contributed by atoms with Gasteiger partial charge in [0.25, 0.3) is 5.91 Å². The van der Waals surface area contributed by atoms with Crippen LogP contribution in [0.5, 0.6) is 5.75 Å². The minimum absolute atomic E-state index is 0.118. The van der Waals surface area contributed by atoms with Crippen LogP contribution in [0, 0.1) is 0 Å². The molecule has 0 saturated carbocycles. The van der Waals surface area contributed by atoms with Crippen molar-refractivity contribution in [1.82, 2.24) is 24.9 Å². The van der Waals surface area contributed by atoms with Crippen molar-refractivity contribution >= 4 is 22.7 Å². The van der Waals surface area contributed by atoms with E-state index in [1.165, 1.54) is 0 Å². The Bertz CT molecular complexity index is 1160. The Hall–Kier alpha value is -3.88. The number of methoxy groups -OCH3 is 1. The third-order valence-corrected chi connectivity index (χ3v) is 5.21. The molecule has 152 valence electrons. The molecule has 1 saturated heterocycles. The Labute approximate surface area is 172 Å². The van der Waals surface area contributed by atoms with Crippen molar-refractivity contribution in [2.45, 2.75) is 0 Å². The Balaban J connectivity index is 1.26. The Kier molecular flexibility index (Phi) is 4.55. The maximum atomic E-state index is 12.9. The molecule has 9 heteroatoms. The summed E-state index contributed by atoms with van der Waals surface area (Å²) in [6.45, 7) is 2.50. The molecule has 0 aliphatic carbocycles. The van der Waals surface area contributed by atoms with E-state index in [-0.39, 0.29) is 5.91 Å². The zero-order valence-electron chi connectivity index (χ0n) is 16.4. The number of carbonyl (C=O) groups is 1. The van der Waals surface area contributed by atoms with Gasteiger partial charge in [-0.1, -0.05) is 12.1 Å². The van der Waals surface area contributed by atoms with Gasteiger partial charge in [0.05, 0.1) is 7.11 Å². The van der Waals surface area contributed by atoms with Gasteiger partial charge in [0, 0.05) is 44.0 Å². The van der Waals surface area contributed by atoms with Crippen molar-refractivity contribution in [2.24, 2.45) is 0 Å². The van der Waals surface area contributed by atoms with Gasteiger partial charge in [-0.25, -0.2) is 4.68 Å². The maximum Gasteiger partial charge on any atom is 0.289 e. The molecule has 1 fully saturated rings. The van der Waals surface area contributed by atoms with Crippen LogP contribution in [0.4, 0.5) is 5.82 Å². The molecule has 0 spiro atoms. The van der Waals surface area contributed by atoms with E-state index < -0.39 is 0 Å². The van der Waals surface area contributed by atoms with Crippen molar-refractivity contribution in [3.63, 3.8) is 0 Å². The summed E-state index contributed by atoms with van der Waals surface area (Å²) in [5.41, 5.74) is 0.592. The molecule has 1 aliphatic heterocycles. The molecule has 9 nitrogen and oxygen atoms in total. The number of amides is 1. The van der Waals surface area contributed by atoms with Gasteiger partial charge in [-0.2, -0.15) is 5.10 Å². The topological polar surface area (TPSA) is 89.5 Å². The van der Waals surface area contributed by atoms with Crippen LogP contribution in [-0.4, -0.2) is 64.1 Å². The number of rotatable bonds is 4. The molecule has 0 radical (unpaired) electrons. The summed E-state index contributed by atoms with van der Waals surface area (Å²) in [4.78, 5) is 16.8. The summed E-state index contributed by atoms with van der Waals surface area (Å²) in [6.07, 6.45) is 3.52. The van der Waals surface area contributed by atoms with E-state index in [2.05, 4.69) is 20.2 Å². The molecule has 3 aromatic heterocycles. The molecule has 5 rings (SSSR count). The minimum atomic E-state index is -0.118. The van der Waals surface area contributed by atoms with E-state index in [4.69, 9.17) is 9.15 Å². The highest BCUT2D eigenvalue weighted by Gasteiger charge is 2.26. The van der Waals surface area contributed by atoms with Gasteiger partial charge in [0.15, 0.2) is 28.7 Å². The number of aromatic nitrogens is 4. The van der Waals surface area contributed by atoms with Gasteiger partial charge in [-0.3, -0.25) is 4.79 Å². The van der Waals surface area contributed by atoms with E-state index in [0.29, 0.717) is 49.1 Å². The third kappa shape index (κ3) is 3.24. The number of hydrogen-bond donors (Lipinski definition) is 0. The summed E-state index contributed by atoms with van der Waals surface area (Å²) in [7, 11) is 1.59. The fraction of sp³-hybridized carbons (Fsp3) is 0.238. The van der Waals surface area contributed by atoms with Gasteiger partial charge in [0.1, 0.15) is 0 Å². The highest BCUT2D eigenvalue weighted by atomic mass is 16.5. The second kappa shape index (κ2) is 7.51. The van der Waals surface area contributed by atoms with E-state index in [1.807, 2.05) is 42.6 Å². The second-order valence-electron chi connectivity index (χ2n) is 6.97. The molecule has 4 heterocycles. The van der Waals surface area contributed by atoms with Crippen molar-refractivity contribution in [2.75, 3.05) is 38.2 Å². The van der Waals surface area contributed by atoms with Crippen molar-refractivity contribution in [3.05, 3.63) is 60.6 Å². The van der Waals surface area contributed by atoms with Gasteiger partial charge < -0.3 is 19.0 Å². The second-order valence-corrected chi connectivity index (χ2v) is 6.97. The van der Waals surface area contributed by atoms with Gasteiger partial charge in [0.2, 0.25) is 0 Å². The van der Waals surface area contributed by atoms with Crippen molar-refractivity contribution in [1.29, 1.82) is 0 Å². The lowest BCUT2D eigenvalue weighted by molar-refractivity contribution is 0.0716. The predicted molar refractivity (Wildman–Crippen MR) is 110 cm³/mol. The fourth-order valence-corrected chi connectivity index (χ4v) is 3.61. The lowest BCUT2D eigenvalue weighted by Crippen LogP contribution is -2.49. The van der Waals surface area contributed by atoms with Crippen LogP contribution in [0.3, 0.4) is 0 Å². The maximum absolute atomic E-state index is 12.9. The number of fused-ring (bicyclic) bond motifs is 1. The number of anilines is 1. The van der Waals surface area contributed by atoms with Crippen molar-refractivity contribution < 1.29 is 13.9 Å². The Morgan fingerprint density at radius 3 is 2.53 bits per heavy atom.